The molecule has 0 spiro atoms. The maximum absolute atomic E-state index is 12.2. The number of hydrogen-bond acceptors (Lipinski definition) is 4. The van der Waals surface area contributed by atoms with Gasteiger partial charge in [-0.1, -0.05) is 12.5 Å². The Hall–Kier alpha value is -1.38. The van der Waals surface area contributed by atoms with E-state index in [0.717, 1.165) is 0 Å². The van der Waals surface area contributed by atoms with Gasteiger partial charge in [-0.25, -0.2) is 8.42 Å². The van der Waals surface area contributed by atoms with Gasteiger partial charge in [0.1, 0.15) is 0 Å². The molecule has 0 heterocycles. The van der Waals surface area contributed by atoms with Crippen LogP contribution in [-0.4, -0.2) is 26.8 Å². The van der Waals surface area contributed by atoms with Gasteiger partial charge in [0, 0.05) is 12.6 Å². The van der Waals surface area contributed by atoms with Crippen molar-refractivity contribution in [3.05, 3.63) is 29.8 Å². The molecule has 1 fully saturated rings. The molecule has 1 aromatic rings. The molecule has 0 amide bonds. The molecule has 1 saturated carbocycles. The Morgan fingerprint density at radius 2 is 2.20 bits per heavy atom. The quantitative estimate of drug-likeness (QED) is 0.872. The second-order valence-electron chi connectivity index (χ2n) is 5.39. The van der Waals surface area contributed by atoms with Crippen molar-refractivity contribution in [1.82, 2.24) is 5.32 Å². The van der Waals surface area contributed by atoms with E-state index in [9.17, 15) is 8.42 Å². The molecule has 0 saturated heterocycles. The van der Waals surface area contributed by atoms with E-state index in [2.05, 4.69) is 12.2 Å². The summed E-state index contributed by atoms with van der Waals surface area (Å²) in [5.41, 5.74) is 0.377. The molecule has 2 rings (SSSR count). The van der Waals surface area contributed by atoms with Gasteiger partial charge in [-0.15, -0.1) is 0 Å². The molecular formula is C15H20N2O2S. The second kappa shape index (κ2) is 6.38. The van der Waals surface area contributed by atoms with E-state index in [1.807, 2.05) is 6.07 Å². The highest BCUT2D eigenvalue weighted by molar-refractivity contribution is 7.91. The summed E-state index contributed by atoms with van der Waals surface area (Å²) in [5.74, 6) is 0.762. The summed E-state index contributed by atoms with van der Waals surface area (Å²) in [6.07, 6.45) is 3.77. The van der Waals surface area contributed by atoms with Crippen LogP contribution >= 0.6 is 0 Å². The number of nitrogens with zero attached hydrogens (tertiary/aromatic N) is 1. The Morgan fingerprint density at radius 3 is 2.80 bits per heavy atom. The lowest BCUT2D eigenvalue weighted by Gasteiger charge is -2.32. The van der Waals surface area contributed by atoms with Crippen LogP contribution in [0.2, 0.25) is 0 Å². The molecule has 1 N–H and O–H groups in total. The van der Waals surface area contributed by atoms with Crippen molar-refractivity contribution in [2.24, 2.45) is 5.92 Å². The molecular weight excluding hydrogens is 272 g/mol. The third kappa shape index (κ3) is 3.59. The maximum Gasteiger partial charge on any atom is 0.179 e. The molecule has 0 aromatic heterocycles. The first-order chi connectivity index (χ1) is 9.53. The summed E-state index contributed by atoms with van der Waals surface area (Å²) in [5, 5.41) is 12.1. The fourth-order valence-corrected chi connectivity index (χ4v) is 3.62. The zero-order valence-corrected chi connectivity index (χ0v) is 12.5. The van der Waals surface area contributed by atoms with E-state index in [0.29, 0.717) is 24.1 Å². The molecule has 108 valence electrons. The van der Waals surface area contributed by atoms with Crippen molar-refractivity contribution in [1.29, 1.82) is 5.26 Å². The van der Waals surface area contributed by atoms with Crippen LogP contribution in [-0.2, 0) is 9.84 Å². The highest BCUT2D eigenvalue weighted by Gasteiger charge is 2.24. The van der Waals surface area contributed by atoms with Gasteiger partial charge in [0.15, 0.2) is 9.84 Å². The van der Waals surface area contributed by atoms with Crippen molar-refractivity contribution >= 4 is 9.84 Å². The number of rotatable bonds is 6. The number of nitrogens with one attached hydrogen (secondary N) is 1. The maximum atomic E-state index is 12.2. The van der Waals surface area contributed by atoms with Crippen molar-refractivity contribution in [2.75, 3.05) is 12.3 Å². The van der Waals surface area contributed by atoms with Crippen molar-refractivity contribution < 1.29 is 8.42 Å². The van der Waals surface area contributed by atoms with Crippen LogP contribution < -0.4 is 5.32 Å². The Balaban J connectivity index is 1.91. The van der Waals surface area contributed by atoms with E-state index in [1.165, 1.54) is 25.3 Å². The summed E-state index contributed by atoms with van der Waals surface area (Å²) in [7, 11) is -3.32. The molecule has 5 heteroatoms. The van der Waals surface area contributed by atoms with Crippen LogP contribution in [0.15, 0.2) is 29.2 Å². The Bertz CT molecular complexity index is 601. The second-order valence-corrected chi connectivity index (χ2v) is 7.50. The lowest BCUT2D eigenvalue weighted by Crippen LogP contribution is -2.39. The van der Waals surface area contributed by atoms with Crippen LogP contribution in [0.4, 0.5) is 0 Å². The minimum atomic E-state index is -3.32. The first-order valence-electron chi connectivity index (χ1n) is 6.99. The Morgan fingerprint density at radius 1 is 1.45 bits per heavy atom. The van der Waals surface area contributed by atoms with Gasteiger partial charge in [-0.05, 0) is 43.9 Å². The SMILES string of the molecule is CC(NCCS(=O)(=O)c1cccc(C#N)c1)C1CCC1. The average molecular weight is 292 g/mol. The molecule has 20 heavy (non-hydrogen) atoms. The van der Waals surface area contributed by atoms with Crippen molar-refractivity contribution in [3.63, 3.8) is 0 Å². The van der Waals surface area contributed by atoms with Crippen LogP contribution in [0.1, 0.15) is 31.7 Å². The lowest BCUT2D eigenvalue weighted by atomic mass is 9.80. The number of nitriles is 1. The smallest absolute Gasteiger partial charge is 0.179 e. The third-order valence-corrected chi connectivity index (χ3v) is 5.73. The minimum Gasteiger partial charge on any atom is -0.313 e. The van der Waals surface area contributed by atoms with Gasteiger partial charge in [0.25, 0.3) is 0 Å². The number of hydrogen-bond donors (Lipinski definition) is 1. The van der Waals surface area contributed by atoms with Gasteiger partial charge in [-0.2, -0.15) is 5.26 Å². The summed E-state index contributed by atoms with van der Waals surface area (Å²) in [4.78, 5) is 0.231. The minimum absolute atomic E-state index is 0.0684. The Labute approximate surface area is 120 Å². The molecule has 0 radical (unpaired) electrons. The Kier molecular flexibility index (Phi) is 4.79. The van der Waals surface area contributed by atoms with E-state index < -0.39 is 9.84 Å². The number of sulfone groups is 1. The first kappa shape index (κ1) is 15.0. The summed E-state index contributed by atoms with van der Waals surface area (Å²) in [6.45, 7) is 2.57. The lowest BCUT2D eigenvalue weighted by molar-refractivity contribution is 0.244. The molecule has 4 nitrogen and oxygen atoms in total. The molecule has 0 bridgehead atoms. The fraction of sp³-hybridized carbons (Fsp3) is 0.533. The summed E-state index contributed by atoms with van der Waals surface area (Å²) in [6, 6.07) is 8.54. The highest BCUT2D eigenvalue weighted by Crippen LogP contribution is 2.29. The molecule has 1 aromatic carbocycles. The van der Waals surface area contributed by atoms with Gasteiger partial charge >= 0.3 is 0 Å². The third-order valence-electron chi connectivity index (χ3n) is 4.02. The normalized spacial score (nSPS) is 17.2. The van der Waals surface area contributed by atoms with Crippen LogP contribution in [0.3, 0.4) is 0 Å². The van der Waals surface area contributed by atoms with Gasteiger partial charge in [0.2, 0.25) is 0 Å². The van der Waals surface area contributed by atoms with Gasteiger partial charge in [0.05, 0.1) is 22.3 Å². The van der Waals surface area contributed by atoms with Crippen molar-refractivity contribution in [2.45, 2.75) is 37.1 Å². The molecule has 0 aliphatic heterocycles. The van der Waals surface area contributed by atoms with Crippen LogP contribution in [0, 0.1) is 17.2 Å². The molecule has 1 aliphatic carbocycles. The van der Waals surface area contributed by atoms with E-state index >= 15 is 0 Å². The van der Waals surface area contributed by atoms with E-state index in [4.69, 9.17) is 5.26 Å². The van der Waals surface area contributed by atoms with Crippen LogP contribution in [0.5, 0.6) is 0 Å². The zero-order valence-electron chi connectivity index (χ0n) is 11.7. The van der Waals surface area contributed by atoms with E-state index in [-0.39, 0.29) is 10.6 Å². The predicted molar refractivity (Wildman–Crippen MR) is 78.0 cm³/mol. The highest BCUT2D eigenvalue weighted by atomic mass is 32.2. The average Bonchev–Trinajstić information content (AvgIpc) is 2.36. The first-order valence-corrected chi connectivity index (χ1v) is 8.64. The van der Waals surface area contributed by atoms with Gasteiger partial charge in [-0.3, -0.25) is 0 Å². The van der Waals surface area contributed by atoms with E-state index in [1.54, 1.807) is 18.2 Å². The monoisotopic (exact) mass is 292 g/mol. The van der Waals surface area contributed by atoms with Crippen molar-refractivity contribution in [3.8, 4) is 6.07 Å². The fourth-order valence-electron chi connectivity index (χ4n) is 2.40. The standard InChI is InChI=1S/C15H20N2O2S/c1-12(14-5-3-6-14)17-8-9-20(18,19)15-7-2-4-13(10-15)11-16/h2,4,7,10,12,14,17H,3,5-6,8-9H2,1H3. The van der Waals surface area contributed by atoms with Gasteiger partial charge < -0.3 is 5.32 Å². The van der Waals surface area contributed by atoms with Crippen LogP contribution in [0.25, 0.3) is 0 Å². The largest absolute Gasteiger partial charge is 0.313 e. The zero-order chi connectivity index (χ0) is 14.6. The topological polar surface area (TPSA) is 70.0 Å². The number of benzene rings is 1. The molecule has 1 aliphatic rings. The molecule has 1 unspecified atom stereocenters. The molecule has 1 atom stereocenters. The summed E-state index contributed by atoms with van der Waals surface area (Å²) >= 11 is 0. The summed E-state index contributed by atoms with van der Waals surface area (Å²) < 4.78 is 24.4. The predicted octanol–water partition coefficient (Wildman–Crippen LogP) is 2.11.